The van der Waals surface area contributed by atoms with Gasteiger partial charge in [0.25, 0.3) is 0 Å². The number of aromatic amines is 1. The Morgan fingerprint density at radius 3 is 1.56 bits per heavy atom. The van der Waals surface area contributed by atoms with E-state index in [1.54, 1.807) is 0 Å². The van der Waals surface area contributed by atoms with Crippen LogP contribution in [0.2, 0.25) is 0 Å². The fourth-order valence-electron chi connectivity index (χ4n) is 6.49. The van der Waals surface area contributed by atoms with Crippen molar-refractivity contribution in [2.24, 2.45) is 0 Å². The van der Waals surface area contributed by atoms with Crippen molar-refractivity contribution in [1.82, 2.24) is 4.98 Å². The van der Waals surface area contributed by atoms with E-state index in [-0.39, 0.29) is 0 Å². The van der Waals surface area contributed by atoms with Gasteiger partial charge < -0.3 is 4.98 Å². The summed E-state index contributed by atoms with van der Waals surface area (Å²) in [5.74, 6) is 0. The van der Waals surface area contributed by atoms with Gasteiger partial charge in [-0.2, -0.15) is 0 Å². The van der Waals surface area contributed by atoms with Crippen LogP contribution in [0.3, 0.4) is 0 Å². The van der Waals surface area contributed by atoms with E-state index in [1.165, 1.54) is 85.1 Å². The summed E-state index contributed by atoms with van der Waals surface area (Å²) in [5.41, 5.74) is 2.45. The topological polar surface area (TPSA) is 15.8 Å². The molecule has 166 valence electrons. The molecular weight excluding hydrogens is 454 g/mol. The number of nitrogens with one attached hydrogen (secondary N) is 1. The summed E-state index contributed by atoms with van der Waals surface area (Å²) in [6.07, 6.45) is 0. The van der Waals surface area contributed by atoms with E-state index in [1.807, 2.05) is 11.3 Å². The van der Waals surface area contributed by atoms with Crippen LogP contribution in [-0.4, -0.2) is 4.98 Å². The summed E-state index contributed by atoms with van der Waals surface area (Å²) in [6, 6.07) is 40.1. The van der Waals surface area contributed by atoms with Crippen LogP contribution in [-0.2, 0) is 0 Å². The largest absolute Gasteiger partial charge is 0.353 e. The Bertz CT molecular complexity index is 2370. The lowest BCUT2D eigenvalue weighted by Gasteiger charge is -2.14. The third-order valence-corrected chi connectivity index (χ3v) is 9.20. The molecule has 0 unspecified atom stereocenters. The molecule has 0 aliphatic heterocycles. The first-order valence-corrected chi connectivity index (χ1v) is 13.2. The molecule has 0 saturated heterocycles. The first-order valence-electron chi connectivity index (χ1n) is 12.4. The van der Waals surface area contributed by atoms with Gasteiger partial charge in [0.15, 0.2) is 0 Å². The molecule has 0 atom stereocenters. The van der Waals surface area contributed by atoms with E-state index in [0.29, 0.717) is 0 Å². The Morgan fingerprint density at radius 1 is 0.361 bits per heavy atom. The number of fused-ring (bicyclic) bond motifs is 17. The molecule has 36 heavy (non-hydrogen) atoms. The number of hydrogen-bond acceptors (Lipinski definition) is 1. The Balaban J connectivity index is 1.66. The number of rotatable bonds is 0. The van der Waals surface area contributed by atoms with E-state index in [0.717, 1.165) is 0 Å². The smallest absolute Gasteiger partial charge is 0.0646 e. The molecule has 0 spiro atoms. The minimum atomic E-state index is 1.20. The van der Waals surface area contributed by atoms with Gasteiger partial charge in [-0.1, -0.05) is 103 Å². The van der Waals surface area contributed by atoms with Gasteiger partial charge in [0.05, 0.1) is 10.2 Å². The Labute approximate surface area is 210 Å². The molecule has 2 heteroatoms. The maximum Gasteiger partial charge on any atom is 0.0646 e. The molecule has 0 aliphatic rings. The van der Waals surface area contributed by atoms with Crippen molar-refractivity contribution in [1.29, 1.82) is 0 Å². The molecule has 0 saturated carbocycles. The molecule has 2 aromatic heterocycles. The van der Waals surface area contributed by atoms with Crippen LogP contribution in [0, 0.1) is 0 Å². The lowest BCUT2D eigenvalue weighted by atomic mass is 9.89. The Hall–Kier alpha value is -4.40. The zero-order chi connectivity index (χ0) is 23.4. The van der Waals surface area contributed by atoms with E-state index < -0.39 is 0 Å². The van der Waals surface area contributed by atoms with Crippen molar-refractivity contribution in [2.75, 3.05) is 0 Å². The highest BCUT2D eigenvalue weighted by Crippen LogP contribution is 2.50. The average molecular weight is 474 g/mol. The van der Waals surface area contributed by atoms with E-state index >= 15 is 0 Å². The Kier molecular flexibility index (Phi) is 3.47. The van der Waals surface area contributed by atoms with Gasteiger partial charge in [-0.15, -0.1) is 11.3 Å². The van der Waals surface area contributed by atoms with Crippen molar-refractivity contribution in [2.45, 2.75) is 0 Å². The molecule has 2 heterocycles. The van der Waals surface area contributed by atoms with Crippen molar-refractivity contribution >= 4 is 96.4 Å². The SMILES string of the molecule is c1ccc2c(c1)[nH]c1c2ccc2c1sc1c2c2ccccc2c2c3ccccc3c3ccccc3c12. The standard InChI is InChI=1S/C34H19NS/c1-3-12-22-19(9-1)20-10-2-4-13-23(20)31-29(22)24-14-5-6-15-25(24)30-27-18-17-26-21-11-7-8-16-28(21)35-32(26)33(27)36-34(30)31/h1-18,35H. The second kappa shape index (κ2) is 6.63. The van der Waals surface area contributed by atoms with E-state index in [4.69, 9.17) is 0 Å². The molecule has 9 aromatic rings. The van der Waals surface area contributed by atoms with Crippen LogP contribution in [0.4, 0.5) is 0 Å². The highest BCUT2D eigenvalue weighted by molar-refractivity contribution is 7.28. The summed E-state index contributed by atoms with van der Waals surface area (Å²) in [7, 11) is 0. The Morgan fingerprint density at radius 2 is 0.861 bits per heavy atom. The van der Waals surface area contributed by atoms with Gasteiger partial charge in [-0.3, -0.25) is 0 Å². The number of para-hydroxylation sites is 1. The first-order chi connectivity index (χ1) is 17.9. The summed E-state index contributed by atoms with van der Waals surface area (Å²) >= 11 is 1.94. The maximum atomic E-state index is 3.76. The third kappa shape index (κ3) is 2.21. The second-order valence-electron chi connectivity index (χ2n) is 9.73. The predicted molar refractivity (Wildman–Crippen MR) is 159 cm³/mol. The first kappa shape index (κ1) is 18.9. The van der Waals surface area contributed by atoms with E-state index in [2.05, 4.69) is 114 Å². The highest BCUT2D eigenvalue weighted by Gasteiger charge is 2.20. The zero-order valence-corrected chi connectivity index (χ0v) is 20.1. The minimum absolute atomic E-state index is 1.20. The molecule has 1 nitrogen and oxygen atoms in total. The number of benzene rings is 7. The van der Waals surface area contributed by atoms with Crippen molar-refractivity contribution in [3.63, 3.8) is 0 Å². The molecule has 9 rings (SSSR count). The summed E-state index contributed by atoms with van der Waals surface area (Å²) in [5, 5.41) is 16.0. The van der Waals surface area contributed by atoms with Crippen LogP contribution >= 0.6 is 11.3 Å². The lowest BCUT2D eigenvalue weighted by Crippen LogP contribution is -1.86. The zero-order valence-electron chi connectivity index (χ0n) is 19.3. The fourth-order valence-corrected chi connectivity index (χ4v) is 7.87. The van der Waals surface area contributed by atoms with Crippen molar-refractivity contribution in [3.05, 3.63) is 109 Å². The third-order valence-electron chi connectivity index (χ3n) is 7.96. The summed E-state index contributed by atoms with van der Waals surface area (Å²) < 4.78 is 2.72. The van der Waals surface area contributed by atoms with Gasteiger partial charge in [0.1, 0.15) is 0 Å². The van der Waals surface area contributed by atoms with Crippen LogP contribution in [0.1, 0.15) is 0 Å². The van der Waals surface area contributed by atoms with Gasteiger partial charge in [0, 0.05) is 37.1 Å². The normalized spacial score (nSPS) is 12.4. The molecule has 0 bridgehead atoms. The molecule has 7 aromatic carbocycles. The molecule has 0 fully saturated rings. The predicted octanol–water partition coefficient (Wildman–Crippen LogP) is 10.3. The monoisotopic (exact) mass is 473 g/mol. The quantitative estimate of drug-likeness (QED) is 0.211. The summed E-state index contributed by atoms with van der Waals surface area (Å²) in [6.45, 7) is 0. The van der Waals surface area contributed by atoms with Crippen LogP contribution in [0.15, 0.2) is 109 Å². The van der Waals surface area contributed by atoms with Gasteiger partial charge in [-0.25, -0.2) is 0 Å². The number of aromatic nitrogens is 1. The minimum Gasteiger partial charge on any atom is -0.353 e. The highest BCUT2D eigenvalue weighted by atomic mass is 32.1. The van der Waals surface area contributed by atoms with Gasteiger partial charge in [-0.05, 0) is 43.8 Å². The summed E-state index contributed by atoms with van der Waals surface area (Å²) in [4.78, 5) is 3.76. The van der Waals surface area contributed by atoms with Gasteiger partial charge >= 0.3 is 0 Å². The van der Waals surface area contributed by atoms with Crippen LogP contribution in [0.25, 0.3) is 85.1 Å². The average Bonchev–Trinajstić information content (AvgIpc) is 3.52. The number of hydrogen-bond donors (Lipinski definition) is 1. The van der Waals surface area contributed by atoms with Crippen LogP contribution in [0.5, 0.6) is 0 Å². The molecule has 0 amide bonds. The molecule has 1 N–H and O–H groups in total. The second-order valence-corrected chi connectivity index (χ2v) is 10.7. The van der Waals surface area contributed by atoms with Gasteiger partial charge in [0.2, 0.25) is 0 Å². The van der Waals surface area contributed by atoms with Crippen molar-refractivity contribution in [3.8, 4) is 0 Å². The van der Waals surface area contributed by atoms with Crippen molar-refractivity contribution < 1.29 is 0 Å². The maximum absolute atomic E-state index is 3.76. The molecular formula is C34H19NS. The fraction of sp³-hybridized carbons (Fsp3) is 0. The number of thiophene rings is 1. The lowest BCUT2D eigenvalue weighted by molar-refractivity contribution is 1.57. The number of H-pyrrole nitrogens is 1. The van der Waals surface area contributed by atoms with Crippen LogP contribution < -0.4 is 0 Å². The molecule has 0 aliphatic carbocycles. The molecule has 0 radical (unpaired) electrons. The van der Waals surface area contributed by atoms with E-state index in [9.17, 15) is 0 Å².